The van der Waals surface area contributed by atoms with Gasteiger partial charge in [0.1, 0.15) is 18.2 Å². The molecule has 0 aromatic heterocycles. The summed E-state index contributed by atoms with van der Waals surface area (Å²) in [5.41, 5.74) is 5.23. The van der Waals surface area contributed by atoms with Crippen LogP contribution in [-0.4, -0.2) is 38.8 Å². The van der Waals surface area contributed by atoms with Gasteiger partial charge >= 0.3 is 0 Å². The van der Waals surface area contributed by atoms with E-state index in [1.807, 2.05) is 0 Å². The summed E-state index contributed by atoms with van der Waals surface area (Å²) in [6.45, 7) is 2.08. The summed E-state index contributed by atoms with van der Waals surface area (Å²) in [5, 5.41) is 2.84. The zero-order chi connectivity index (χ0) is 15.1. The van der Waals surface area contributed by atoms with E-state index in [0.29, 0.717) is 44.9 Å². The van der Waals surface area contributed by atoms with Gasteiger partial charge in [-0.2, -0.15) is 0 Å². The summed E-state index contributed by atoms with van der Waals surface area (Å²) in [4.78, 5) is 12.3. The molecule has 1 aliphatic heterocycles. The van der Waals surface area contributed by atoms with Crippen molar-refractivity contribution in [3.63, 3.8) is 0 Å². The fourth-order valence-electron chi connectivity index (χ4n) is 2.36. The predicted molar refractivity (Wildman–Crippen MR) is 76.4 cm³/mol. The maximum Gasteiger partial charge on any atom is 0.227 e. The van der Waals surface area contributed by atoms with Gasteiger partial charge in [-0.3, -0.25) is 4.79 Å². The molecular weight excluding hydrogens is 275 g/mol. The summed E-state index contributed by atoms with van der Waals surface area (Å²) < 4.78 is 23.6. The van der Waals surface area contributed by atoms with Crippen molar-refractivity contribution in [2.24, 2.45) is 11.1 Å². The van der Waals surface area contributed by atoms with E-state index in [4.69, 9.17) is 15.2 Å². The number of hydrogen-bond donors (Lipinski definition) is 2. The van der Waals surface area contributed by atoms with E-state index in [1.54, 1.807) is 12.1 Å². The van der Waals surface area contributed by atoms with Crippen LogP contribution in [0.25, 0.3) is 0 Å². The zero-order valence-corrected chi connectivity index (χ0v) is 11.9. The largest absolute Gasteiger partial charge is 0.492 e. The molecule has 116 valence electrons. The van der Waals surface area contributed by atoms with E-state index in [-0.39, 0.29) is 18.3 Å². The first-order valence-electron chi connectivity index (χ1n) is 7.11. The predicted octanol–water partition coefficient (Wildman–Crippen LogP) is 1.08. The van der Waals surface area contributed by atoms with E-state index in [0.717, 1.165) is 0 Å². The first-order chi connectivity index (χ1) is 10.2. The van der Waals surface area contributed by atoms with Crippen LogP contribution in [0.2, 0.25) is 0 Å². The molecule has 6 heteroatoms. The molecule has 1 aromatic rings. The van der Waals surface area contributed by atoms with Crippen LogP contribution in [-0.2, 0) is 9.53 Å². The Morgan fingerprint density at radius 2 is 2.19 bits per heavy atom. The monoisotopic (exact) mass is 296 g/mol. The highest BCUT2D eigenvalue weighted by molar-refractivity contribution is 5.83. The van der Waals surface area contributed by atoms with Crippen LogP contribution in [0.3, 0.4) is 0 Å². The Labute approximate surface area is 123 Å². The first kappa shape index (κ1) is 15.7. The van der Waals surface area contributed by atoms with Gasteiger partial charge in [0.15, 0.2) is 0 Å². The number of nitrogens with one attached hydrogen (secondary N) is 1. The molecule has 1 amide bonds. The van der Waals surface area contributed by atoms with E-state index in [2.05, 4.69) is 5.32 Å². The van der Waals surface area contributed by atoms with Crippen molar-refractivity contribution in [3.8, 4) is 5.75 Å². The molecule has 0 spiro atoms. The van der Waals surface area contributed by atoms with Crippen LogP contribution in [0, 0.1) is 11.2 Å². The molecule has 0 bridgehead atoms. The number of benzene rings is 1. The Kier molecular flexibility index (Phi) is 5.52. The van der Waals surface area contributed by atoms with Gasteiger partial charge in [-0.1, -0.05) is 6.07 Å². The highest BCUT2D eigenvalue weighted by Crippen LogP contribution is 2.29. The molecule has 1 aliphatic rings. The Hall–Kier alpha value is -1.66. The maximum absolute atomic E-state index is 13.0. The second kappa shape index (κ2) is 7.38. The van der Waals surface area contributed by atoms with Crippen molar-refractivity contribution in [1.82, 2.24) is 5.32 Å². The molecule has 21 heavy (non-hydrogen) atoms. The summed E-state index contributed by atoms with van der Waals surface area (Å²) in [6, 6.07) is 5.91. The zero-order valence-electron chi connectivity index (χ0n) is 11.9. The van der Waals surface area contributed by atoms with Gasteiger partial charge in [-0.25, -0.2) is 4.39 Å². The normalized spacial score (nSPS) is 17.2. The minimum atomic E-state index is -0.531. The molecule has 5 nitrogen and oxygen atoms in total. The summed E-state index contributed by atoms with van der Waals surface area (Å²) >= 11 is 0. The van der Waals surface area contributed by atoms with Crippen LogP contribution in [0.15, 0.2) is 24.3 Å². The van der Waals surface area contributed by atoms with E-state index in [1.165, 1.54) is 12.1 Å². The van der Waals surface area contributed by atoms with Gasteiger partial charge in [0.25, 0.3) is 0 Å². The molecule has 0 aliphatic carbocycles. The van der Waals surface area contributed by atoms with Crippen molar-refractivity contribution in [1.29, 1.82) is 0 Å². The Balaban J connectivity index is 1.76. The molecule has 1 heterocycles. The summed E-state index contributed by atoms with van der Waals surface area (Å²) in [6.07, 6.45) is 1.28. The second-order valence-corrected chi connectivity index (χ2v) is 5.16. The van der Waals surface area contributed by atoms with Gasteiger partial charge < -0.3 is 20.5 Å². The number of ether oxygens (including phenoxy) is 2. The average molecular weight is 296 g/mol. The molecule has 0 atom stereocenters. The summed E-state index contributed by atoms with van der Waals surface area (Å²) in [7, 11) is 0. The average Bonchev–Trinajstić information content (AvgIpc) is 2.52. The highest BCUT2D eigenvalue weighted by atomic mass is 19.1. The minimum Gasteiger partial charge on any atom is -0.492 e. The van der Waals surface area contributed by atoms with Crippen molar-refractivity contribution < 1.29 is 18.7 Å². The van der Waals surface area contributed by atoms with Crippen LogP contribution in [0.1, 0.15) is 12.8 Å². The van der Waals surface area contributed by atoms with Crippen molar-refractivity contribution in [2.75, 3.05) is 32.9 Å². The molecule has 3 N–H and O–H groups in total. The highest BCUT2D eigenvalue weighted by Gasteiger charge is 2.38. The molecular formula is C15H21FN2O3. The Morgan fingerprint density at radius 1 is 1.43 bits per heavy atom. The fourth-order valence-corrected chi connectivity index (χ4v) is 2.36. The van der Waals surface area contributed by atoms with Gasteiger partial charge in [0, 0.05) is 25.8 Å². The van der Waals surface area contributed by atoms with Crippen molar-refractivity contribution in [3.05, 3.63) is 30.1 Å². The molecule has 0 unspecified atom stereocenters. The lowest BCUT2D eigenvalue weighted by atomic mass is 9.79. The van der Waals surface area contributed by atoms with Crippen molar-refractivity contribution in [2.45, 2.75) is 12.8 Å². The smallest absolute Gasteiger partial charge is 0.227 e. The number of carbonyl (C=O) groups is 1. The van der Waals surface area contributed by atoms with Crippen molar-refractivity contribution >= 4 is 5.91 Å². The Bertz CT molecular complexity index is 476. The quantitative estimate of drug-likeness (QED) is 0.770. The van der Waals surface area contributed by atoms with E-state index < -0.39 is 5.41 Å². The first-order valence-corrected chi connectivity index (χ1v) is 7.11. The number of carbonyl (C=O) groups excluding carboxylic acids is 1. The topological polar surface area (TPSA) is 73.6 Å². The SMILES string of the molecule is NCC1(C(=O)NCCOc2cccc(F)c2)CCOCC1. The van der Waals surface area contributed by atoms with E-state index in [9.17, 15) is 9.18 Å². The lowest BCUT2D eigenvalue weighted by Crippen LogP contribution is -2.49. The van der Waals surface area contributed by atoms with Crippen LogP contribution < -0.4 is 15.8 Å². The Morgan fingerprint density at radius 3 is 2.86 bits per heavy atom. The standard InChI is InChI=1S/C15H21FN2O3/c16-12-2-1-3-13(10-12)21-9-6-18-14(19)15(11-17)4-7-20-8-5-15/h1-3,10H,4-9,11,17H2,(H,18,19). The van der Waals surface area contributed by atoms with Gasteiger partial charge in [0.2, 0.25) is 5.91 Å². The number of amides is 1. The van der Waals surface area contributed by atoms with Gasteiger partial charge in [-0.05, 0) is 25.0 Å². The third kappa shape index (κ3) is 4.15. The van der Waals surface area contributed by atoms with Gasteiger partial charge in [0.05, 0.1) is 12.0 Å². The lowest BCUT2D eigenvalue weighted by molar-refractivity contribution is -0.136. The molecule has 0 radical (unpaired) electrons. The third-order valence-corrected chi connectivity index (χ3v) is 3.77. The van der Waals surface area contributed by atoms with E-state index >= 15 is 0 Å². The molecule has 1 saturated heterocycles. The molecule has 2 rings (SSSR count). The molecule has 1 fully saturated rings. The molecule has 1 aromatic carbocycles. The summed E-state index contributed by atoms with van der Waals surface area (Å²) in [5.74, 6) is 0.0424. The minimum absolute atomic E-state index is 0.0591. The molecule has 0 saturated carbocycles. The third-order valence-electron chi connectivity index (χ3n) is 3.77. The number of rotatable bonds is 6. The van der Waals surface area contributed by atoms with Gasteiger partial charge in [-0.15, -0.1) is 0 Å². The van der Waals surface area contributed by atoms with Crippen LogP contribution in [0.5, 0.6) is 5.75 Å². The number of hydrogen-bond acceptors (Lipinski definition) is 4. The van der Waals surface area contributed by atoms with Crippen LogP contribution >= 0.6 is 0 Å². The maximum atomic E-state index is 13.0. The lowest BCUT2D eigenvalue weighted by Gasteiger charge is -2.34. The second-order valence-electron chi connectivity index (χ2n) is 5.16. The number of nitrogens with two attached hydrogens (primary N) is 1. The fraction of sp³-hybridized carbons (Fsp3) is 0.533. The van der Waals surface area contributed by atoms with Crippen LogP contribution in [0.4, 0.5) is 4.39 Å². The number of halogens is 1.